The molecule has 2 aromatic rings. The second kappa shape index (κ2) is 5.64. The number of aryl methyl sites for hydroxylation is 1. The van der Waals surface area contributed by atoms with E-state index in [1.54, 1.807) is 0 Å². The van der Waals surface area contributed by atoms with Crippen LogP contribution >= 0.6 is 11.6 Å². The van der Waals surface area contributed by atoms with E-state index in [0.29, 0.717) is 12.2 Å². The second-order valence-electron chi connectivity index (χ2n) is 3.93. The molecule has 0 radical (unpaired) electrons. The van der Waals surface area contributed by atoms with Gasteiger partial charge in [-0.3, -0.25) is 4.72 Å². The molecule has 1 heterocycles. The number of halogens is 1. The van der Waals surface area contributed by atoms with Crippen molar-refractivity contribution < 1.29 is 13.5 Å². The highest BCUT2D eigenvalue weighted by Gasteiger charge is 2.20. The fourth-order valence-corrected chi connectivity index (χ4v) is 2.89. The molecule has 0 aliphatic carbocycles. The summed E-state index contributed by atoms with van der Waals surface area (Å²) in [5.41, 5.74) is 0.210. The van der Waals surface area contributed by atoms with Crippen LogP contribution in [0.3, 0.4) is 0 Å². The van der Waals surface area contributed by atoms with Gasteiger partial charge in [0, 0.05) is 6.42 Å². The van der Waals surface area contributed by atoms with Crippen LogP contribution in [0.5, 0.6) is 5.75 Å². The van der Waals surface area contributed by atoms with Crippen molar-refractivity contribution in [3.05, 3.63) is 41.4 Å². The minimum Gasteiger partial charge on any atom is -0.505 e. The number of nitrogens with one attached hydrogen (secondary N) is 1. The summed E-state index contributed by atoms with van der Waals surface area (Å²) in [6.07, 6.45) is 3.39. The van der Waals surface area contributed by atoms with Crippen molar-refractivity contribution in [1.29, 1.82) is 0 Å². The zero-order chi connectivity index (χ0) is 14.8. The molecule has 20 heavy (non-hydrogen) atoms. The van der Waals surface area contributed by atoms with E-state index in [-0.39, 0.29) is 15.6 Å². The Kier molecular flexibility index (Phi) is 4.10. The Bertz CT molecular complexity index is 717. The topological polar surface area (TPSA) is 92.2 Å². The molecule has 0 spiro atoms. The van der Waals surface area contributed by atoms with Gasteiger partial charge in [0.15, 0.2) is 5.75 Å². The highest BCUT2D eigenvalue weighted by Crippen LogP contribution is 2.31. The third-order valence-corrected chi connectivity index (χ3v) is 4.23. The van der Waals surface area contributed by atoms with Crippen LogP contribution in [-0.4, -0.2) is 23.5 Å². The first-order valence-electron chi connectivity index (χ1n) is 5.75. The zero-order valence-corrected chi connectivity index (χ0v) is 12.1. The molecule has 1 aromatic carbocycles. The number of anilines is 1. The van der Waals surface area contributed by atoms with E-state index in [9.17, 15) is 13.5 Å². The van der Waals surface area contributed by atoms with Crippen LogP contribution in [0, 0.1) is 0 Å². The van der Waals surface area contributed by atoms with E-state index < -0.39 is 15.8 Å². The molecular weight excluding hydrogens is 302 g/mol. The van der Waals surface area contributed by atoms with Crippen molar-refractivity contribution in [2.45, 2.75) is 18.2 Å². The summed E-state index contributed by atoms with van der Waals surface area (Å²) in [7, 11) is -3.95. The molecular formula is C12H12ClN3O3S. The maximum absolute atomic E-state index is 12.1. The molecule has 0 atom stereocenters. The van der Waals surface area contributed by atoms with Crippen molar-refractivity contribution in [2.75, 3.05) is 4.72 Å². The Morgan fingerprint density at radius 3 is 2.55 bits per heavy atom. The number of aromatic hydroxyl groups is 1. The quantitative estimate of drug-likeness (QED) is 0.902. The number of para-hydroxylation sites is 1. The summed E-state index contributed by atoms with van der Waals surface area (Å²) in [4.78, 5) is 7.68. The predicted octanol–water partition coefficient (Wildman–Crippen LogP) is 2.20. The van der Waals surface area contributed by atoms with Gasteiger partial charge in [-0.25, -0.2) is 18.4 Å². The summed E-state index contributed by atoms with van der Waals surface area (Å²) in [5, 5.41) is 9.67. The molecule has 6 nitrogen and oxygen atoms in total. The van der Waals surface area contributed by atoms with Crippen LogP contribution < -0.4 is 4.72 Å². The van der Waals surface area contributed by atoms with Gasteiger partial charge in [-0.2, -0.15) is 0 Å². The largest absolute Gasteiger partial charge is 0.505 e. The SMILES string of the molecule is CCc1ncc(NS(=O)(=O)c2cccc(Cl)c2O)cn1. The van der Waals surface area contributed by atoms with Crippen LogP contribution in [0.25, 0.3) is 0 Å². The summed E-state index contributed by atoms with van der Waals surface area (Å²) in [5.74, 6) is 0.117. The van der Waals surface area contributed by atoms with Gasteiger partial charge in [0.25, 0.3) is 10.0 Å². The monoisotopic (exact) mass is 313 g/mol. The molecule has 0 aliphatic heterocycles. The smallest absolute Gasteiger partial charge is 0.265 e. The Labute approximate surface area is 121 Å². The van der Waals surface area contributed by atoms with E-state index in [1.165, 1.54) is 30.6 Å². The van der Waals surface area contributed by atoms with Gasteiger partial charge in [-0.1, -0.05) is 24.6 Å². The molecule has 0 saturated carbocycles. The summed E-state index contributed by atoms with van der Waals surface area (Å²) < 4.78 is 26.6. The average Bonchev–Trinajstić information content (AvgIpc) is 2.42. The molecule has 0 fully saturated rings. The van der Waals surface area contributed by atoms with Crippen molar-refractivity contribution in [3.8, 4) is 5.75 Å². The maximum atomic E-state index is 12.1. The molecule has 2 N–H and O–H groups in total. The Balaban J connectivity index is 2.33. The van der Waals surface area contributed by atoms with E-state index >= 15 is 0 Å². The predicted molar refractivity (Wildman–Crippen MR) is 75.3 cm³/mol. The number of benzene rings is 1. The van der Waals surface area contributed by atoms with Crippen LogP contribution in [0.4, 0.5) is 5.69 Å². The number of phenolic OH excluding ortho intramolecular Hbond substituents is 1. The summed E-state index contributed by atoms with van der Waals surface area (Å²) >= 11 is 5.70. The lowest BCUT2D eigenvalue weighted by Crippen LogP contribution is -2.13. The van der Waals surface area contributed by atoms with Gasteiger partial charge in [-0.15, -0.1) is 0 Å². The number of rotatable bonds is 4. The first-order chi connectivity index (χ1) is 9.44. The van der Waals surface area contributed by atoms with Crippen LogP contribution in [0.2, 0.25) is 5.02 Å². The van der Waals surface area contributed by atoms with Crippen molar-refractivity contribution in [3.63, 3.8) is 0 Å². The molecule has 0 unspecified atom stereocenters. The highest BCUT2D eigenvalue weighted by atomic mass is 35.5. The van der Waals surface area contributed by atoms with Gasteiger partial charge >= 0.3 is 0 Å². The van der Waals surface area contributed by atoms with E-state index in [2.05, 4.69) is 14.7 Å². The molecule has 0 bridgehead atoms. The number of phenols is 1. The molecule has 2 rings (SSSR count). The third kappa shape index (κ3) is 3.00. The molecule has 0 aliphatic rings. The number of aromatic nitrogens is 2. The van der Waals surface area contributed by atoms with Crippen LogP contribution in [-0.2, 0) is 16.4 Å². The maximum Gasteiger partial charge on any atom is 0.265 e. The van der Waals surface area contributed by atoms with Gasteiger partial charge in [0.05, 0.1) is 23.1 Å². The Morgan fingerprint density at radius 1 is 1.30 bits per heavy atom. The Hall–Kier alpha value is -1.86. The molecule has 106 valence electrons. The number of hydrogen-bond donors (Lipinski definition) is 2. The molecule has 8 heteroatoms. The lowest BCUT2D eigenvalue weighted by atomic mass is 10.3. The normalized spacial score (nSPS) is 11.3. The van der Waals surface area contributed by atoms with Crippen molar-refractivity contribution in [1.82, 2.24) is 9.97 Å². The van der Waals surface area contributed by atoms with Gasteiger partial charge in [0.2, 0.25) is 0 Å². The lowest BCUT2D eigenvalue weighted by molar-refractivity contribution is 0.459. The standard InChI is InChI=1S/C12H12ClN3O3S/c1-2-11-14-6-8(7-15-11)16-20(18,19)10-5-3-4-9(13)12(10)17/h3-7,16-17H,2H2,1H3. The first kappa shape index (κ1) is 14.5. The van der Waals surface area contributed by atoms with Crippen LogP contribution in [0.15, 0.2) is 35.5 Å². The number of sulfonamides is 1. The van der Waals surface area contributed by atoms with Gasteiger partial charge in [-0.05, 0) is 12.1 Å². The fourth-order valence-electron chi connectivity index (χ4n) is 1.51. The van der Waals surface area contributed by atoms with Crippen molar-refractivity contribution >= 4 is 27.3 Å². The number of nitrogens with zero attached hydrogens (tertiary/aromatic N) is 2. The second-order valence-corrected chi connectivity index (χ2v) is 5.99. The highest BCUT2D eigenvalue weighted by molar-refractivity contribution is 7.92. The third-order valence-electron chi connectivity index (χ3n) is 2.51. The number of hydrogen-bond acceptors (Lipinski definition) is 5. The molecule has 1 aromatic heterocycles. The lowest BCUT2D eigenvalue weighted by Gasteiger charge is -2.09. The van der Waals surface area contributed by atoms with Gasteiger partial charge in [0.1, 0.15) is 10.7 Å². The summed E-state index contributed by atoms with van der Waals surface area (Å²) in [6, 6.07) is 4.09. The van der Waals surface area contributed by atoms with E-state index in [4.69, 9.17) is 11.6 Å². The average molecular weight is 314 g/mol. The van der Waals surface area contributed by atoms with Crippen LogP contribution in [0.1, 0.15) is 12.7 Å². The zero-order valence-electron chi connectivity index (χ0n) is 10.5. The minimum absolute atomic E-state index is 0.0366. The van der Waals surface area contributed by atoms with E-state index in [0.717, 1.165) is 0 Å². The fraction of sp³-hybridized carbons (Fsp3) is 0.167. The molecule has 0 saturated heterocycles. The minimum atomic E-state index is -3.95. The van der Waals surface area contributed by atoms with Crippen molar-refractivity contribution in [2.24, 2.45) is 0 Å². The Morgan fingerprint density at radius 2 is 1.95 bits per heavy atom. The van der Waals surface area contributed by atoms with Gasteiger partial charge < -0.3 is 5.11 Å². The molecule has 0 amide bonds. The van der Waals surface area contributed by atoms with E-state index in [1.807, 2.05) is 6.92 Å². The first-order valence-corrected chi connectivity index (χ1v) is 7.61. The summed E-state index contributed by atoms with van der Waals surface area (Å²) in [6.45, 7) is 1.89.